The molecule has 4 aromatic heterocycles. The number of benzene rings is 1. The third-order valence-corrected chi connectivity index (χ3v) is 7.05. The summed E-state index contributed by atoms with van der Waals surface area (Å²) in [5, 5.41) is 0.777. The van der Waals surface area contributed by atoms with Gasteiger partial charge in [0.25, 0.3) is 0 Å². The molecule has 1 aliphatic heterocycles. The number of halogens is 1. The average Bonchev–Trinajstić information content (AvgIpc) is 3.29. The molecular weight excluding hydrogens is 439 g/mol. The normalized spacial score (nSPS) is 16.9. The van der Waals surface area contributed by atoms with Gasteiger partial charge in [-0.3, -0.25) is 9.38 Å². The zero-order chi connectivity index (χ0) is 24.1. The first-order chi connectivity index (χ1) is 17.0. The molecule has 1 fully saturated rings. The Morgan fingerprint density at radius 1 is 0.943 bits per heavy atom. The first-order valence-corrected chi connectivity index (χ1v) is 11.9. The number of hydrogen-bond acceptors (Lipinski definition) is 5. The third kappa shape index (κ3) is 3.91. The van der Waals surface area contributed by atoms with Gasteiger partial charge in [-0.1, -0.05) is 0 Å². The lowest BCUT2D eigenvalue weighted by molar-refractivity contribution is 0.233. The Bertz CT molecular complexity index is 1540. The minimum atomic E-state index is -0.275. The Kier molecular flexibility index (Phi) is 5.22. The Labute approximate surface area is 203 Å². The summed E-state index contributed by atoms with van der Waals surface area (Å²) in [5.74, 6) is 0.743. The van der Waals surface area contributed by atoms with Crippen molar-refractivity contribution in [3.05, 3.63) is 78.6 Å². The molecule has 1 aromatic carbocycles. The lowest BCUT2D eigenvalue weighted by atomic mass is 10.0. The molecule has 0 aliphatic carbocycles. The van der Waals surface area contributed by atoms with Gasteiger partial charge in [-0.25, -0.2) is 14.4 Å². The lowest BCUT2D eigenvalue weighted by Crippen LogP contribution is -2.50. The summed E-state index contributed by atoms with van der Waals surface area (Å²) >= 11 is 0. The van der Waals surface area contributed by atoms with E-state index in [9.17, 15) is 4.39 Å². The average molecular weight is 467 g/mol. The molecule has 1 aliphatic rings. The highest BCUT2D eigenvalue weighted by atomic mass is 19.1. The molecule has 1 saturated heterocycles. The summed E-state index contributed by atoms with van der Waals surface area (Å²) < 4.78 is 16.1. The van der Waals surface area contributed by atoms with Crippen LogP contribution in [0.1, 0.15) is 12.6 Å². The van der Waals surface area contributed by atoms with Crippen molar-refractivity contribution in [3.8, 4) is 22.4 Å². The Morgan fingerprint density at radius 2 is 1.83 bits per heavy atom. The third-order valence-electron chi connectivity index (χ3n) is 7.05. The fraction of sp³-hybridized carbons (Fsp3) is 0.250. The van der Waals surface area contributed by atoms with Crippen LogP contribution in [-0.4, -0.2) is 57.0 Å². The van der Waals surface area contributed by atoms with Crippen molar-refractivity contribution in [2.45, 2.75) is 19.9 Å². The monoisotopic (exact) mass is 466 g/mol. The smallest absolute Gasteiger partial charge is 0.137 e. The minimum absolute atomic E-state index is 0.275. The molecule has 0 spiro atoms. The van der Waals surface area contributed by atoms with E-state index in [1.807, 2.05) is 36.0 Å². The van der Waals surface area contributed by atoms with E-state index >= 15 is 0 Å². The number of piperazine rings is 1. The van der Waals surface area contributed by atoms with Crippen molar-refractivity contribution < 1.29 is 4.39 Å². The molecule has 6 rings (SSSR count). The van der Waals surface area contributed by atoms with Crippen LogP contribution in [0.15, 0.2) is 67.1 Å². The van der Waals surface area contributed by atoms with Crippen molar-refractivity contribution >= 4 is 22.4 Å². The van der Waals surface area contributed by atoms with Crippen LogP contribution in [0.3, 0.4) is 0 Å². The van der Waals surface area contributed by atoms with Crippen LogP contribution >= 0.6 is 0 Å². The molecule has 176 valence electrons. The van der Waals surface area contributed by atoms with Crippen molar-refractivity contribution in [2.24, 2.45) is 0 Å². The van der Waals surface area contributed by atoms with Crippen molar-refractivity contribution in [2.75, 3.05) is 31.6 Å². The fourth-order valence-corrected chi connectivity index (χ4v) is 4.90. The second kappa shape index (κ2) is 8.43. The molecule has 7 heteroatoms. The van der Waals surface area contributed by atoms with Crippen LogP contribution in [0.25, 0.3) is 38.9 Å². The summed E-state index contributed by atoms with van der Waals surface area (Å²) in [5.41, 5.74) is 6.41. The summed E-state index contributed by atoms with van der Waals surface area (Å²) in [6, 6.07) is 15.6. The Morgan fingerprint density at radius 3 is 2.63 bits per heavy atom. The molecule has 5 aromatic rings. The second-order valence-electron chi connectivity index (χ2n) is 9.44. The topological polar surface area (TPSA) is 49.6 Å². The van der Waals surface area contributed by atoms with E-state index in [-0.39, 0.29) is 5.82 Å². The number of nitrogens with zero attached hydrogens (tertiary/aromatic N) is 6. The van der Waals surface area contributed by atoms with Crippen molar-refractivity contribution in [1.29, 1.82) is 0 Å². The van der Waals surface area contributed by atoms with Crippen LogP contribution in [0.5, 0.6) is 0 Å². The first-order valence-electron chi connectivity index (χ1n) is 11.9. The molecule has 1 atom stereocenters. The highest BCUT2D eigenvalue weighted by Gasteiger charge is 2.21. The second-order valence-corrected chi connectivity index (χ2v) is 9.44. The van der Waals surface area contributed by atoms with Gasteiger partial charge in [-0.15, -0.1) is 0 Å². The number of aryl methyl sites for hydroxylation is 1. The largest absolute Gasteiger partial charge is 0.354 e. The van der Waals surface area contributed by atoms with Crippen LogP contribution in [0.4, 0.5) is 10.2 Å². The number of hydrogen-bond donors (Lipinski definition) is 0. The minimum Gasteiger partial charge on any atom is -0.354 e. The number of anilines is 1. The van der Waals surface area contributed by atoms with Gasteiger partial charge in [0, 0.05) is 60.3 Å². The van der Waals surface area contributed by atoms with Crippen LogP contribution in [0.2, 0.25) is 0 Å². The van der Waals surface area contributed by atoms with E-state index in [1.165, 1.54) is 6.07 Å². The molecule has 35 heavy (non-hydrogen) atoms. The number of fused-ring (bicyclic) bond motifs is 2. The molecular formula is C28H27FN6. The molecule has 0 amide bonds. The predicted octanol–water partition coefficient (Wildman–Crippen LogP) is 5.20. The maximum absolute atomic E-state index is 14.0. The van der Waals surface area contributed by atoms with Gasteiger partial charge in [-0.2, -0.15) is 0 Å². The number of rotatable bonds is 3. The molecule has 5 heterocycles. The highest BCUT2D eigenvalue weighted by molar-refractivity contribution is 5.94. The van der Waals surface area contributed by atoms with Crippen LogP contribution in [0, 0.1) is 12.7 Å². The predicted molar refractivity (Wildman–Crippen MR) is 138 cm³/mol. The number of likely N-dealkylation sites (N-methyl/N-ethyl adjacent to an activating group) is 1. The van der Waals surface area contributed by atoms with E-state index in [0.717, 1.165) is 70.1 Å². The van der Waals surface area contributed by atoms with Gasteiger partial charge >= 0.3 is 0 Å². The van der Waals surface area contributed by atoms with E-state index in [0.29, 0.717) is 6.04 Å². The van der Waals surface area contributed by atoms with E-state index in [2.05, 4.69) is 58.0 Å². The van der Waals surface area contributed by atoms with E-state index in [1.54, 1.807) is 12.1 Å². The summed E-state index contributed by atoms with van der Waals surface area (Å²) in [6.07, 6.45) is 5.80. The van der Waals surface area contributed by atoms with Crippen LogP contribution in [-0.2, 0) is 0 Å². The zero-order valence-electron chi connectivity index (χ0n) is 20.1. The maximum atomic E-state index is 14.0. The molecule has 0 N–H and O–H groups in total. The van der Waals surface area contributed by atoms with Gasteiger partial charge < -0.3 is 9.80 Å². The first kappa shape index (κ1) is 21.7. The summed E-state index contributed by atoms with van der Waals surface area (Å²) in [6.45, 7) is 7.22. The molecule has 0 unspecified atom stereocenters. The molecule has 0 radical (unpaired) electrons. The number of aromatic nitrogens is 4. The standard InChI is InChI=1S/C28H27FN6/c1-18-12-24(23-14-22(29)5-6-25(23)32-18)26-16-31-28-13-20(8-9-35(26)28)21-4-7-27(30-15-21)34-11-10-33(3)19(2)17-34/h4-9,12-16,19H,10-11,17H2,1-3H3/t19-/m1/s1. The highest BCUT2D eigenvalue weighted by Crippen LogP contribution is 2.31. The van der Waals surface area contributed by atoms with Crippen LogP contribution < -0.4 is 4.90 Å². The van der Waals surface area contributed by atoms with Gasteiger partial charge in [-0.05, 0) is 75.0 Å². The molecule has 0 saturated carbocycles. The van der Waals surface area contributed by atoms with E-state index < -0.39 is 0 Å². The van der Waals surface area contributed by atoms with Gasteiger partial charge in [0.15, 0.2) is 0 Å². The molecule has 0 bridgehead atoms. The van der Waals surface area contributed by atoms with Gasteiger partial charge in [0.05, 0.1) is 17.4 Å². The quantitative estimate of drug-likeness (QED) is 0.366. The van der Waals surface area contributed by atoms with Gasteiger partial charge in [0.2, 0.25) is 0 Å². The Balaban J connectivity index is 1.34. The Hall–Kier alpha value is -3.84. The summed E-state index contributed by atoms with van der Waals surface area (Å²) in [4.78, 5) is 18.7. The SMILES string of the molecule is Cc1cc(-c2cnc3cc(-c4ccc(N5CCN(C)[C@H](C)C5)nc4)ccn23)c2cc(F)ccc2n1. The number of pyridine rings is 3. The fourth-order valence-electron chi connectivity index (χ4n) is 4.90. The van der Waals surface area contributed by atoms with Crippen molar-refractivity contribution in [3.63, 3.8) is 0 Å². The summed E-state index contributed by atoms with van der Waals surface area (Å²) in [7, 11) is 2.17. The molecule has 6 nitrogen and oxygen atoms in total. The number of imidazole rings is 1. The van der Waals surface area contributed by atoms with E-state index in [4.69, 9.17) is 4.98 Å². The maximum Gasteiger partial charge on any atom is 0.137 e. The van der Waals surface area contributed by atoms with Crippen molar-refractivity contribution in [1.82, 2.24) is 24.3 Å². The lowest BCUT2D eigenvalue weighted by Gasteiger charge is -2.38. The zero-order valence-corrected chi connectivity index (χ0v) is 20.1. The van der Waals surface area contributed by atoms with Gasteiger partial charge in [0.1, 0.15) is 17.3 Å².